The smallest absolute Gasteiger partial charge is 0.285 e. The van der Waals surface area contributed by atoms with Gasteiger partial charge in [0.05, 0.1) is 18.4 Å². The molecule has 2 fully saturated rings. The molecule has 3 aromatic rings. The second-order valence-corrected chi connectivity index (χ2v) is 14.3. The Labute approximate surface area is 323 Å². The minimum atomic E-state index is -1.38. The normalized spacial score (nSPS) is 17.5. The zero-order chi connectivity index (χ0) is 40.5. The predicted octanol–water partition coefficient (Wildman–Crippen LogP) is 4.93. The van der Waals surface area contributed by atoms with Crippen molar-refractivity contribution < 1.29 is 37.9 Å². The van der Waals surface area contributed by atoms with Crippen LogP contribution in [0.2, 0.25) is 0 Å². The number of piperidine rings is 1. The van der Waals surface area contributed by atoms with Crippen LogP contribution in [0.5, 0.6) is 5.75 Å². The van der Waals surface area contributed by atoms with E-state index >= 15 is 0 Å². The summed E-state index contributed by atoms with van der Waals surface area (Å²) in [6, 6.07) is 8.89. The van der Waals surface area contributed by atoms with Gasteiger partial charge in [0.25, 0.3) is 17.6 Å². The van der Waals surface area contributed by atoms with Gasteiger partial charge in [-0.3, -0.25) is 33.8 Å². The number of aromatic nitrogens is 2. The Morgan fingerprint density at radius 3 is 2.33 bits per heavy atom. The number of hydrogen-bond acceptors (Lipinski definition) is 10. The van der Waals surface area contributed by atoms with Gasteiger partial charge in [0.15, 0.2) is 12.4 Å². The number of oxazole rings is 1. The average molecular weight is 761 g/mol. The van der Waals surface area contributed by atoms with E-state index in [-0.39, 0.29) is 25.5 Å². The second-order valence-electron chi connectivity index (χ2n) is 14.3. The Kier molecular flexibility index (Phi) is 17.2. The number of nitrogens with one attached hydrogen (secondary N) is 3. The highest BCUT2D eigenvalue weighted by molar-refractivity contribution is 6.44. The second kappa shape index (κ2) is 21.5. The number of ether oxygens (including phenoxy) is 1. The monoisotopic (exact) mass is 760 g/mol. The average Bonchev–Trinajstić information content (AvgIpc) is 3.89. The molecule has 14 heteroatoms. The molecule has 2 saturated heterocycles. The lowest BCUT2D eigenvalue weighted by Gasteiger charge is -2.35. The van der Waals surface area contributed by atoms with Crippen LogP contribution < -0.4 is 20.7 Å². The van der Waals surface area contributed by atoms with Crippen molar-refractivity contribution in [2.45, 2.75) is 105 Å². The molecule has 0 aliphatic carbocycles. The number of Topliss-reactive ketones (excluding diaryl/α,β-unsaturated/α-hetero) is 2. The van der Waals surface area contributed by atoms with E-state index in [0.29, 0.717) is 49.3 Å². The van der Waals surface area contributed by atoms with Crippen LogP contribution in [0.15, 0.2) is 65.5 Å². The molecule has 3 unspecified atom stereocenters. The maximum absolute atomic E-state index is 14.0. The standard InChI is InChI=1S/C36H42N6O8.C3H8.C2H6/c1-36(2,3)31(41-28(43)21-49-24-13-8-15-37-19-24)35(48)42-17-9-14-26(42)33(47)40-25(18-23-12-7-16-38-32(23)46)29(44)30(45)34-39-20-27(50-34)22-10-5-4-6-11-22;1-3-2;1-2/h4-6,8,10-11,13,15,19-20,23,25-26,31H,7,9,12,14,16-18,21H2,1-3H3,(H,38,46)(H,40,47)(H,41,43);3H2,1-2H3;1-2H3/t23?,25?,26?,31-;;/m1../s1. The minimum absolute atomic E-state index is 0.118. The number of ketones is 2. The van der Waals surface area contributed by atoms with Gasteiger partial charge in [0, 0.05) is 30.8 Å². The molecule has 298 valence electrons. The maximum Gasteiger partial charge on any atom is 0.285 e. The first kappa shape index (κ1) is 44.0. The molecule has 3 N–H and O–H groups in total. The molecule has 2 aromatic heterocycles. The lowest BCUT2D eigenvalue weighted by molar-refractivity contribution is -0.144. The molecule has 14 nitrogen and oxygen atoms in total. The van der Waals surface area contributed by atoms with E-state index in [1.165, 1.54) is 23.7 Å². The number of rotatable bonds is 13. The number of likely N-dealkylation sites (tertiary alicyclic amines) is 1. The minimum Gasteiger partial charge on any atom is -0.482 e. The van der Waals surface area contributed by atoms with Gasteiger partial charge in [-0.25, -0.2) is 4.98 Å². The third-order valence-corrected chi connectivity index (χ3v) is 8.80. The summed E-state index contributed by atoms with van der Waals surface area (Å²) in [7, 11) is 0. The molecule has 0 spiro atoms. The lowest BCUT2D eigenvalue weighted by Crippen LogP contribution is -2.59. The van der Waals surface area contributed by atoms with Crippen LogP contribution in [-0.2, 0) is 24.0 Å². The van der Waals surface area contributed by atoms with Crippen LogP contribution >= 0.6 is 0 Å². The van der Waals surface area contributed by atoms with Crippen LogP contribution in [0.25, 0.3) is 11.3 Å². The Morgan fingerprint density at radius 2 is 1.69 bits per heavy atom. The Balaban J connectivity index is 0.00000155. The van der Waals surface area contributed by atoms with E-state index in [1.807, 2.05) is 19.9 Å². The number of pyridine rings is 1. The lowest BCUT2D eigenvalue weighted by atomic mass is 9.85. The summed E-state index contributed by atoms with van der Waals surface area (Å²) in [6.07, 6.45) is 7.46. The molecule has 4 heterocycles. The summed E-state index contributed by atoms with van der Waals surface area (Å²) in [5.41, 5.74) is -0.0783. The fourth-order valence-corrected chi connectivity index (χ4v) is 6.12. The van der Waals surface area contributed by atoms with Gasteiger partial charge in [-0.15, -0.1) is 0 Å². The first-order chi connectivity index (χ1) is 26.3. The van der Waals surface area contributed by atoms with E-state index < -0.39 is 64.6 Å². The van der Waals surface area contributed by atoms with E-state index in [1.54, 1.807) is 63.4 Å². The highest BCUT2D eigenvalue weighted by Crippen LogP contribution is 2.27. The summed E-state index contributed by atoms with van der Waals surface area (Å²) in [4.78, 5) is 89.9. The van der Waals surface area contributed by atoms with Crippen molar-refractivity contribution in [3.05, 3.63) is 66.9 Å². The van der Waals surface area contributed by atoms with Crippen LogP contribution in [0, 0.1) is 11.3 Å². The van der Waals surface area contributed by atoms with Gasteiger partial charge in [-0.1, -0.05) is 85.2 Å². The molecule has 55 heavy (non-hydrogen) atoms. The number of benzene rings is 1. The van der Waals surface area contributed by atoms with Crippen molar-refractivity contribution in [3.8, 4) is 17.1 Å². The summed E-state index contributed by atoms with van der Waals surface area (Å²) in [5, 5.41) is 8.22. The molecule has 2 aliphatic heterocycles. The number of nitrogens with zero attached hydrogens (tertiary/aromatic N) is 3. The molecule has 1 aromatic carbocycles. The zero-order valence-electron chi connectivity index (χ0n) is 33.1. The number of carbonyl (C=O) groups excluding carboxylic acids is 6. The fraction of sp³-hybridized carbons (Fsp3) is 0.512. The number of hydrogen-bond donors (Lipinski definition) is 3. The third kappa shape index (κ3) is 12.6. The first-order valence-electron chi connectivity index (χ1n) is 19.1. The zero-order valence-corrected chi connectivity index (χ0v) is 33.1. The Morgan fingerprint density at radius 1 is 0.982 bits per heavy atom. The molecule has 4 amide bonds. The van der Waals surface area contributed by atoms with Crippen molar-refractivity contribution in [2.75, 3.05) is 19.7 Å². The van der Waals surface area contributed by atoms with Gasteiger partial charge >= 0.3 is 0 Å². The van der Waals surface area contributed by atoms with Gasteiger partial charge in [-0.2, -0.15) is 0 Å². The molecule has 0 bridgehead atoms. The summed E-state index contributed by atoms with van der Waals surface area (Å²) < 4.78 is 11.1. The Hall–Kier alpha value is -5.40. The summed E-state index contributed by atoms with van der Waals surface area (Å²) >= 11 is 0. The van der Waals surface area contributed by atoms with Crippen molar-refractivity contribution >= 4 is 35.2 Å². The molecular weight excluding hydrogens is 704 g/mol. The van der Waals surface area contributed by atoms with Crippen molar-refractivity contribution in [1.82, 2.24) is 30.8 Å². The van der Waals surface area contributed by atoms with E-state index in [0.717, 1.165) is 0 Å². The summed E-state index contributed by atoms with van der Waals surface area (Å²) in [5.74, 6) is -4.31. The largest absolute Gasteiger partial charge is 0.482 e. The van der Waals surface area contributed by atoms with E-state index in [2.05, 4.69) is 39.8 Å². The number of amides is 4. The molecule has 0 radical (unpaired) electrons. The van der Waals surface area contributed by atoms with Crippen LogP contribution in [0.3, 0.4) is 0 Å². The van der Waals surface area contributed by atoms with Crippen LogP contribution in [-0.4, -0.2) is 87.9 Å². The van der Waals surface area contributed by atoms with Crippen molar-refractivity contribution in [3.63, 3.8) is 0 Å². The van der Waals surface area contributed by atoms with Crippen LogP contribution in [0.4, 0.5) is 0 Å². The number of carbonyl (C=O) groups is 6. The molecular formula is C41H56N6O8. The highest BCUT2D eigenvalue weighted by atomic mass is 16.5. The topological polar surface area (TPSA) is 190 Å². The van der Waals surface area contributed by atoms with Gasteiger partial charge in [-0.05, 0) is 49.7 Å². The molecule has 2 aliphatic rings. The quantitative estimate of drug-likeness (QED) is 0.159. The Bertz CT molecular complexity index is 1720. The fourth-order valence-electron chi connectivity index (χ4n) is 6.12. The van der Waals surface area contributed by atoms with E-state index in [9.17, 15) is 28.8 Å². The molecule has 0 saturated carbocycles. The van der Waals surface area contributed by atoms with Gasteiger partial charge < -0.3 is 30.0 Å². The summed E-state index contributed by atoms with van der Waals surface area (Å²) in [6.45, 7) is 14.0. The van der Waals surface area contributed by atoms with Crippen molar-refractivity contribution in [1.29, 1.82) is 0 Å². The SMILES string of the molecule is CC.CC(C)(C)[C@H](NC(=O)COc1cccnc1)C(=O)N1CCCC1C(=O)NC(CC1CCCNC1=O)C(=O)C(=O)c1ncc(-c2ccccc2)o1.CCC. The van der Waals surface area contributed by atoms with Crippen molar-refractivity contribution in [2.24, 2.45) is 11.3 Å². The van der Waals surface area contributed by atoms with Gasteiger partial charge in [0.2, 0.25) is 23.5 Å². The van der Waals surface area contributed by atoms with Crippen LogP contribution in [0.1, 0.15) is 97.7 Å². The molecule has 4 atom stereocenters. The van der Waals surface area contributed by atoms with E-state index in [4.69, 9.17) is 9.15 Å². The first-order valence-corrected chi connectivity index (χ1v) is 19.1. The van der Waals surface area contributed by atoms with Gasteiger partial charge in [0.1, 0.15) is 17.8 Å². The molecule has 5 rings (SSSR count). The third-order valence-electron chi connectivity index (χ3n) is 8.80. The highest BCUT2D eigenvalue weighted by Gasteiger charge is 2.43. The predicted molar refractivity (Wildman–Crippen MR) is 207 cm³/mol. The maximum atomic E-state index is 14.0.